The van der Waals surface area contributed by atoms with Crippen LogP contribution in [0.5, 0.6) is 11.5 Å². The number of pyridine rings is 1. The van der Waals surface area contributed by atoms with Crippen LogP contribution in [0.2, 0.25) is 0 Å². The molecule has 226 valence electrons. The van der Waals surface area contributed by atoms with E-state index in [1.165, 1.54) is 15.5 Å². The number of ether oxygens (including phenoxy) is 1. The highest BCUT2D eigenvalue weighted by atomic mass is 16.5. The SMILES string of the molecule is CN(C)C(=O)C(C)(C)C=C(C#N)C(=O)N1CCCC(n2c(=O)n(-c3ccc(Oc4ccccc4)cc3)c3c(N)nccc32)C1. The molecule has 11 nitrogen and oxygen atoms in total. The Balaban J connectivity index is 1.48. The van der Waals surface area contributed by atoms with Crippen molar-refractivity contribution in [2.75, 3.05) is 32.9 Å². The van der Waals surface area contributed by atoms with E-state index in [0.29, 0.717) is 47.6 Å². The van der Waals surface area contributed by atoms with Crippen molar-refractivity contribution in [3.63, 3.8) is 0 Å². The summed E-state index contributed by atoms with van der Waals surface area (Å²) in [5.74, 6) is 0.819. The number of aromatic nitrogens is 3. The van der Waals surface area contributed by atoms with Crippen molar-refractivity contribution in [1.29, 1.82) is 5.26 Å². The predicted octanol–water partition coefficient (Wildman–Crippen LogP) is 4.29. The van der Waals surface area contributed by atoms with E-state index in [9.17, 15) is 19.6 Å². The van der Waals surface area contributed by atoms with Gasteiger partial charge in [-0.1, -0.05) is 18.2 Å². The maximum atomic E-state index is 14.1. The molecular weight excluding hydrogens is 558 g/mol. The van der Waals surface area contributed by atoms with Gasteiger partial charge in [-0.05, 0) is 75.2 Å². The average molecular weight is 594 g/mol. The molecule has 0 aliphatic carbocycles. The van der Waals surface area contributed by atoms with Crippen molar-refractivity contribution in [3.05, 3.63) is 89.0 Å². The number of nitrogen functional groups attached to an aromatic ring is 1. The van der Waals surface area contributed by atoms with E-state index in [-0.39, 0.29) is 35.6 Å². The van der Waals surface area contributed by atoms with Crippen LogP contribution in [0.25, 0.3) is 16.7 Å². The first kappa shape index (κ1) is 30.1. The van der Waals surface area contributed by atoms with Crippen LogP contribution in [0.1, 0.15) is 32.7 Å². The number of nitrogens with two attached hydrogens (primary N) is 1. The van der Waals surface area contributed by atoms with Gasteiger partial charge in [0.25, 0.3) is 5.91 Å². The average Bonchev–Trinajstić information content (AvgIpc) is 3.32. The molecule has 1 aliphatic heterocycles. The van der Waals surface area contributed by atoms with E-state index in [1.807, 2.05) is 36.4 Å². The summed E-state index contributed by atoms with van der Waals surface area (Å²) in [5, 5.41) is 9.86. The summed E-state index contributed by atoms with van der Waals surface area (Å²) >= 11 is 0. The zero-order chi connectivity index (χ0) is 31.6. The Bertz CT molecular complexity index is 1830. The van der Waals surface area contributed by atoms with Crippen LogP contribution >= 0.6 is 0 Å². The van der Waals surface area contributed by atoms with Crippen molar-refractivity contribution in [1.82, 2.24) is 23.9 Å². The highest BCUT2D eigenvalue weighted by Crippen LogP contribution is 2.30. The van der Waals surface area contributed by atoms with Gasteiger partial charge in [-0.25, -0.2) is 9.78 Å². The van der Waals surface area contributed by atoms with E-state index in [4.69, 9.17) is 10.5 Å². The number of likely N-dealkylation sites (tertiary alicyclic amines) is 1. The summed E-state index contributed by atoms with van der Waals surface area (Å²) in [5.41, 5.74) is 6.52. The van der Waals surface area contributed by atoms with Crippen molar-refractivity contribution in [2.45, 2.75) is 32.7 Å². The highest BCUT2D eigenvalue weighted by Gasteiger charge is 2.33. The molecule has 1 unspecified atom stereocenters. The Morgan fingerprint density at radius 2 is 1.77 bits per heavy atom. The minimum Gasteiger partial charge on any atom is -0.457 e. The summed E-state index contributed by atoms with van der Waals surface area (Å²) in [6, 6.07) is 19.9. The molecule has 2 amide bonds. The molecule has 4 aromatic rings. The van der Waals surface area contributed by atoms with Crippen LogP contribution < -0.4 is 16.2 Å². The fourth-order valence-corrected chi connectivity index (χ4v) is 5.73. The van der Waals surface area contributed by atoms with Gasteiger partial charge in [0.15, 0.2) is 0 Å². The molecule has 0 spiro atoms. The van der Waals surface area contributed by atoms with Crippen LogP contribution in [0, 0.1) is 16.7 Å². The summed E-state index contributed by atoms with van der Waals surface area (Å²) in [6.45, 7) is 3.99. The molecule has 0 bridgehead atoms. The first-order valence-electron chi connectivity index (χ1n) is 14.4. The van der Waals surface area contributed by atoms with Gasteiger partial charge in [0.1, 0.15) is 34.5 Å². The topological polar surface area (TPSA) is 139 Å². The van der Waals surface area contributed by atoms with Crippen molar-refractivity contribution < 1.29 is 14.3 Å². The number of piperidine rings is 1. The Labute approximate surface area is 255 Å². The molecule has 11 heteroatoms. The van der Waals surface area contributed by atoms with Crippen LogP contribution in [-0.4, -0.2) is 62.9 Å². The first-order chi connectivity index (χ1) is 21.0. The molecule has 1 aliphatic rings. The quantitative estimate of drug-likeness (QED) is 0.249. The third-order valence-corrected chi connectivity index (χ3v) is 7.75. The zero-order valence-corrected chi connectivity index (χ0v) is 25.2. The van der Waals surface area contributed by atoms with E-state index in [0.717, 1.165) is 0 Å². The fraction of sp³-hybridized carbons (Fsp3) is 0.303. The van der Waals surface area contributed by atoms with Gasteiger partial charge in [0.2, 0.25) is 5.91 Å². The molecule has 2 N–H and O–H groups in total. The molecular formula is C33H35N7O4. The van der Waals surface area contributed by atoms with Gasteiger partial charge < -0.3 is 20.3 Å². The van der Waals surface area contributed by atoms with Gasteiger partial charge in [-0.2, -0.15) is 5.26 Å². The minimum atomic E-state index is -1.05. The van der Waals surface area contributed by atoms with E-state index in [1.54, 1.807) is 73.9 Å². The maximum Gasteiger partial charge on any atom is 0.334 e. The molecule has 1 atom stereocenters. The lowest BCUT2D eigenvalue weighted by molar-refractivity contribution is -0.135. The highest BCUT2D eigenvalue weighted by molar-refractivity contribution is 5.98. The summed E-state index contributed by atoms with van der Waals surface area (Å²) in [4.78, 5) is 47.6. The molecule has 2 aromatic carbocycles. The fourth-order valence-electron chi connectivity index (χ4n) is 5.73. The standard InChI is InChI=1S/C33H35N7O4/c1-33(2,31(42)37(3)4)19-22(20-34)30(41)38-18-8-9-24(21-38)39-27-16-17-36-29(35)28(27)40(32(39)43)23-12-14-26(15-13-23)44-25-10-6-5-7-11-25/h5-7,10-17,19,24H,8-9,18,21H2,1-4H3,(H2,35,36). The molecule has 44 heavy (non-hydrogen) atoms. The lowest BCUT2D eigenvalue weighted by atomic mass is 9.89. The van der Waals surface area contributed by atoms with E-state index < -0.39 is 11.3 Å². The van der Waals surface area contributed by atoms with Gasteiger partial charge >= 0.3 is 5.69 Å². The van der Waals surface area contributed by atoms with E-state index >= 15 is 0 Å². The van der Waals surface area contributed by atoms with Gasteiger partial charge in [-0.15, -0.1) is 0 Å². The van der Waals surface area contributed by atoms with Gasteiger partial charge in [0, 0.05) is 33.4 Å². The number of nitrogens with zero attached hydrogens (tertiary/aromatic N) is 6. The number of hydrogen-bond acceptors (Lipinski definition) is 7. The van der Waals surface area contributed by atoms with Crippen LogP contribution in [0.15, 0.2) is 83.3 Å². The molecule has 1 saturated heterocycles. The number of para-hydroxylation sites is 1. The van der Waals surface area contributed by atoms with Gasteiger partial charge in [-0.3, -0.25) is 18.7 Å². The Morgan fingerprint density at radius 3 is 2.43 bits per heavy atom. The van der Waals surface area contributed by atoms with Crippen molar-refractivity contribution in [2.24, 2.45) is 5.41 Å². The summed E-state index contributed by atoms with van der Waals surface area (Å²) in [6.07, 6.45) is 4.25. The lowest BCUT2D eigenvalue weighted by Crippen LogP contribution is -2.43. The summed E-state index contributed by atoms with van der Waals surface area (Å²) in [7, 11) is 3.26. The number of fused-ring (bicyclic) bond motifs is 1. The first-order valence-corrected chi connectivity index (χ1v) is 14.4. The Kier molecular flexibility index (Phi) is 8.27. The molecule has 2 aromatic heterocycles. The Hall–Kier alpha value is -5.37. The smallest absolute Gasteiger partial charge is 0.334 e. The molecule has 1 fully saturated rings. The second-order valence-electron chi connectivity index (χ2n) is 11.6. The number of rotatable bonds is 7. The number of nitriles is 1. The predicted molar refractivity (Wildman–Crippen MR) is 167 cm³/mol. The number of carbonyl (C=O) groups is 2. The number of amides is 2. The molecule has 0 saturated carbocycles. The molecule has 3 heterocycles. The molecule has 0 radical (unpaired) electrons. The number of carbonyl (C=O) groups excluding carboxylic acids is 2. The number of anilines is 1. The van der Waals surface area contributed by atoms with Gasteiger partial charge in [0.05, 0.1) is 22.7 Å². The normalized spacial score (nSPS) is 15.6. The largest absolute Gasteiger partial charge is 0.457 e. The minimum absolute atomic E-state index is 0.105. The lowest BCUT2D eigenvalue weighted by Gasteiger charge is -2.33. The second kappa shape index (κ2) is 12.1. The summed E-state index contributed by atoms with van der Waals surface area (Å²) < 4.78 is 9.10. The maximum absolute atomic E-state index is 14.1. The zero-order valence-electron chi connectivity index (χ0n) is 25.2. The van der Waals surface area contributed by atoms with Crippen LogP contribution in [-0.2, 0) is 9.59 Å². The van der Waals surface area contributed by atoms with E-state index in [2.05, 4.69) is 4.98 Å². The second-order valence-corrected chi connectivity index (χ2v) is 11.6. The number of benzene rings is 2. The number of imidazole rings is 1. The Morgan fingerprint density at radius 1 is 1.09 bits per heavy atom. The van der Waals surface area contributed by atoms with Crippen LogP contribution in [0.3, 0.4) is 0 Å². The third-order valence-electron chi connectivity index (χ3n) is 7.75. The molecule has 5 rings (SSSR count). The number of hydrogen-bond donors (Lipinski definition) is 1. The van der Waals surface area contributed by atoms with Crippen LogP contribution in [0.4, 0.5) is 5.82 Å². The third kappa shape index (κ3) is 5.79. The monoisotopic (exact) mass is 593 g/mol. The van der Waals surface area contributed by atoms with Crippen molar-refractivity contribution >= 4 is 28.7 Å². The van der Waals surface area contributed by atoms with Crippen molar-refractivity contribution in [3.8, 4) is 23.3 Å².